The molecule has 0 aromatic heterocycles. The van der Waals surface area contributed by atoms with Crippen LogP contribution >= 0.6 is 7.82 Å². The monoisotopic (exact) mass is 765 g/mol. The predicted molar refractivity (Wildman–Crippen MR) is 224 cm³/mol. The summed E-state index contributed by atoms with van der Waals surface area (Å²) in [5.41, 5.74) is 0. The van der Waals surface area contributed by atoms with Gasteiger partial charge in [0.25, 0.3) is 7.82 Å². The lowest BCUT2D eigenvalue weighted by Crippen LogP contribution is -2.45. The van der Waals surface area contributed by atoms with Gasteiger partial charge in [-0.3, -0.25) is 9.36 Å². The van der Waals surface area contributed by atoms with Crippen molar-refractivity contribution in [1.82, 2.24) is 5.32 Å². The summed E-state index contributed by atoms with van der Waals surface area (Å²) in [5.74, 6) is -0.256. The minimum absolute atomic E-state index is 0.0139. The number of nitrogens with one attached hydrogen (secondary N) is 1. The van der Waals surface area contributed by atoms with E-state index in [1.54, 1.807) is 6.08 Å². The fourth-order valence-corrected chi connectivity index (χ4v) is 6.28. The summed E-state index contributed by atoms with van der Waals surface area (Å²) in [5, 5.41) is 13.7. The molecule has 0 rings (SSSR count). The van der Waals surface area contributed by atoms with Gasteiger partial charge in [-0.2, -0.15) is 0 Å². The number of allylic oxidation sites excluding steroid dienone is 9. The van der Waals surface area contributed by atoms with Crippen LogP contribution in [0.25, 0.3) is 0 Å². The summed E-state index contributed by atoms with van der Waals surface area (Å²) in [6, 6.07) is -0.915. The molecule has 1 amide bonds. The van der Waals surface area contributed by atoms with Crippen molar-refractivity contribution in [2.75, 3.05) is 40.9 Å². The van der Waals surface area contributed by atoms with E-state index in [4.69, 9.17) is 9.05 Å². The van der Waals surface area contributed by atoms with Crippen LogP contribution in [0.3, 0.4) is 0 Å². The molecule has 0 aromatic carbocycles. The van der Waals surface area contributed by atoms with Crippen LogP contribution in [0.15, 0.2) is 60.8 Å². The minimum Gasteiger partial charge on any atom is -0.756 e. The average Bonchev–Trinajstić information content (AvgIpc) is 3.10. The van der Waals surface area contributed by atoms with Gasteiger partial charge in [0.1, 0.15) is 13.2 Å². The number of hydrogen-bond acceptors (Lipinski definition) is 6. The van der Waals surface area contributed by atoms with Crippen LogP contribution in [-0.2, 0) is 18.4 Å². The molecule has 308 valence electrons. The third-order valence-corrected chi connectivity index (χ3v) is 9.94. The first-order valence-corrected chi connectivity index (χ1v) is 22.6. The smallest absolute Gasteiger partial charge is 0.268 e. The molecule has 0 saturated heterocycles. The molecule has 53 heavy (non-hydrogen) atoms. The zero-order valence-corrected chi connectivity index (χ0v) is 35.6. The van der Waals surface area contributed by atoms with Crippen molar-refractivity contribution in [1.29, 1.82) is 0 Å². The van der Waals surface area contributed by atoms with Crippen molar-refractivity contribution in [3.05, 3.63) is 60.8 Å². The zero-order valence-electron chi connectivity index (χ0n) is 34.7. The van der Waals surface area contributed by atoms with E-state index in [2.05, 4.69) is 67.8 Å². The van der Waals surface area contributed by atoms with Crippen LogP contribution in [0, 0.1) is 0 Å². The van der Waals surface area contributed by atoms with Crippen molar-refractivity contribution in [3.8, 4) is 0 Å². The Morgan fingerprint density at radius 1 is 0.660 bits per heavy atom. The third-order valence-electron chi connectivity index (χ3n) is 8.97. The van der Waals surface area contributed by atoms with E-state index in [0.717, 1.165) is 44.9 Å². The number of phosphoric acid groups is 1. The van der Waals surface area contributed by atoms with Gasteiger partial charge in [0.15, 0.2) is 0 Å². The molecular formula is C44H81N2O6P. The first-order valence-electron chi connectivity index (χ1n) is 21.2. The summed E-state index contributed by atoms with van der Waals surface area (Å²) in [6.45, 7) is 4.55. The Kier molecular flexibility index (Phi) is 34.7. The van der Waals surface area contributed by atoms with Gasteiger partial charge in [-0.1, -0.05) is 158 Å². The second-order valence-electron chi connectivity index (χ2n) is 15.3. The Labute approximate surface area is 326 Å². The van der Waals surface area contributed by atoms with Crippen LogP contribution in [0.2, 0.25) is 0 Å². The topological polar surface area (TPSA) is 108 Å². The molecule has 0 aliphatic heterocycles. The lowest BCUT2D eigenvalue weighted by Gasteiger charge is -2.29. The van der Waals surface area contributed by atoms with Gasteiger partial charge >= 0.3 is 0 Å². The Bertz CT molecular complexity index is 1050. The normalized spacial score (nSPS) is 15.1. The van der Waals surface area contributed by atoms with Crippen molar-refractivity contribution < 1.29 is 32.9 Å². The number of likely N-dealkylation sites (N-methyl/N-ethyl adjacent to an activating group) is 1. The molecule has 0 bridgehead atoms. The SMILES string of the molecule is CCCCCCCCC/C=C/C/C=C/C/C=C/C/C=C/CCCC(=O)N[C@@H](COP(=O)([O-])OCC[N+](C)(C)C)[C@H](O)/C=C/CCCCCCCCCC. The molecule has 0 saturated carbocycles. The van der Waals surface area contributed by atoms with E-state index in [1.165, 1.54) is 89.9 Å². The number of carbonyl (C=O) groups excluding carboxylic acids is 1. The maximum Gasteiger partial charge on any atom is 0.268 e. The standard InChI is InChI=1S/C44H81N2O6P/c1-6-8-10-12-14-16-18-19-20-21-22-23-24-25-26-27-28-30-32-34-36-38-44(48)45-42(41-52-53(49,50)51-40-39-46(3,4)5)43(47)37-35-33-31-29-17-15-13-11-9-7-2/h20-21,23-24,26-27,30,32,35,37,42-43,47H,6-19,22,25,28-29,31,33-34,36,38-41H2,1-5H3,(H-,45,48,49,50)/b21-20+,24-23+,27-26+,32-30+,37-35+/t42-,43+/m0/s1. The predicted octanol–water partition coefficient (Wildman–Crippen LogP) is 10.8. The fourth-order valence-electron chi connectivity index (χ4n) is 5.55. The molecule has 9 heteroatoms. The zero-order chi connectivity index (χ0) is 39.3. The molecule has 3 atom stereocenters. The number of rotatable bonds is 37. The second kappa shape index (κ2) is 35.9. The molecule has 1 unspecified atom stereocenters. The van der Waals surface area contributed by atoms with Gasteiger partial charge in [-0.15, -0.1) is 0 Å². The minimum atomic E-state index is -4.60. The highest BCUT2D eigenvalue weighted by molar-refractivity contribution is 7.45. The number of quaternary nitrogens is 1. The molecule has 0 fully saturated rings. The number of unbranched alkanes of at least 4 members (excludes halogenated alkanes) is 16. The highest BCUT2D eigenvalue weighted by atomic mass is 31.2. The van der Waals surface area contributed by atoms with Crippen molar-refractivity contribution >= 4 is 13.7 Å². The van der Waals surface area contributed by atoms with Crippen molar-refractivity contribution in [2.45, 2.75) is 174 Å². The van der Waals surface area contributed by atoms with Gasteiger partial charge in [-0.05, 0) is 57.8 Å². The third kappa shape index (κ3) is 38.3. The summed E-state index contributed by atoms with van der Waals surface area (Å²) >= 11 is 0. The molecule has 0 aromatic rings. The van der Waals surface area contributed by atoms with Crippen LogP contribution < -0.4 is 10.2 Å². The first-order chi connectivity index (χ1) is 25.5. The summed E-state index contributed by atoms with van der Waals surface area (Å²) in [6.07, 6.45) is 45.7. The van der Waals surface area contributed by atoms with E-state index in [9.17, 15) is 19.4 Å². The Morgan fingerprint density at radius 2 is 1.09 bits per heavy atom. The number of hydrogen-bond donors (Lipinski definition) is 2. The maximum atomic E-state index is 12.8. The maximum absolute atomic E-state index is 12.8. The van der Waals surface area contributed by atoms with Crippen LogP contribution in [0.4, 0.5) is 0 Å². The lowest BCUT2D eigenvalue weighted by molar-refractivity contribution is -0.870. The first kappa shape index (κ1) is 51.2. The Morgan fingerprint density at radius 3 is 1.58 bits per heavy atom. The Balaban J connectivity index is 4.50. The fraction of sp³-hybridized carbons (Fsp3) is 0.750. The number of nitrogens with zero attached hydrogens (tertiary/aromatic N) is 1. The molecule has 0 spiro atoms. The summed E-state index contributed by atoms with van der Waals surface area (Å²) in [4.78, 5) is 25.2. The largest absolute Gasteiger partial charge is 0.756 e. The second-order valence-corrected chi connectivity index (χ2v) is 16.8. The molecule has 0 radical (unpaired) electrons. The number of amides is 1. The molecule has 0 aliphatic rings. The highest BCUT2D eigenvalue weighted by Crippen LogP contribution is 2.38. The Hall–Kier alpha value is -1.80. The average molecular weight is 765 g/mol. The quantitative estimate of drug-likeness (QED) is 0.0282. The van der Waals surface area contributed by atoms with E-state index in [0.29, 0.717) is 17.4 Å². The lowest BCUT2D eigenvalue weighted by atomic mass is 10.1. The van der Waals surface area contributed by atoms with Gasteiger partial charge in [-0.25, -0.2) is 0 Å². The van der Waals surface area contributed by atoms with E-state index in [1.807, 2.05) is 27.2 Å². The number of aliphatic hydroxyl groups is 1. The van der Waals surface area contributed by atoms with Gasteiger partial charge in [0.2, 0.25) is 5.91 Å². The summed E-state index contributed by atoms with van der Waals surface area (Å²) in [7, 11) is 1.21. The van der Waals surface area contributed by atoms with Crippen molar-refractivity contribution in [2.24, 2.45) is 0 Å². The van der Waals surface area contributed by atoms with Gasteiger partial charge in [0.05, 0.1) is 39.9 Å². The van der Waals surface area contributed by atoms with Crippen molar-refractivity contribution in [3.63, 3.8) is 0 Å². The number of carbonyl (C=O) groups is 1. The van der Waals surface area contributed by atoms with Crippen LogP contribution in [0.1, 0.15) is 162 Å². The van der Waals surface area contributed by atoms with E-state index < -0.39 is 26.6 Å². The summed E-state index contributed by atoms with van der Waals surface area (Å²) < 4.78 is 23.1. The molecular weight excluding hydrogens is 683 g/mol. The molecule has 0 heterocycles. The molecule has 2 N–H and O–H groups in total. The van der Waals surface area contributed by atoms with Gasteiger partial charge in [0, 0.05) is 6.42 Å². The van der Waals surface area contributed by atoms with Crippen LogP contribution in [-0.4, -0.2) is 68.5 Å². The highest BCUT2D eigenvalue weighted by Gasteiger charge is 2.23. The number of aliphatic hydroxyl groups excluding tert-OH is 1. The van der Waals surface area contributed by atoms with E-state index in [-0.39, 0.29) is 18.9 Å². The van der Waals surface area contributed by atoms with E-state index >= 15 is 0 Å². The van der Waals surface area contributed by atoms with Gasteiger partial charge < -0.3 is 28.8 Å². The molecule has 8 nitrogen and oxygen atoms in total. The molecule has 0 aliphatic carbocycles. The number of phosphoric ester groups is 1. The van der Waals surface area contributed by atoms with Crippen LogP contribution in [0.5, 0.6) is 0 Å².